The summed E-state index contributed by atoms with van der Waals surface area (Å²) in [6.45, 7) is 3.32. The molecule has 4 rings (SSSR count). The number of nitrogens with one attached hydrogen (secondary N) is 1. The van der Waals surface area contributed by atoms with E-state index in [1.54, 1.807) is 7.11 Å². The number of ether oxygens (including phenoxy) is 1. The first kappa shape index (κ1) is 17.0. The van der Waals surface area contributed by atoms with Gasteiger partial charge in [0.25, 0.3) is 0 Å². The van der Waals surface area contributed by atoms with E-state index in [4.69, 9.17) is 9.72 Å². The third-order valence-electron chi connectivity index (χ3n) is 5.22. The predicted octanol–water partition coefficient (Wildman–Crippen LogP) is 1.69. The number of fused-ring (bicyclic) bond motifs is 1. The van der Waals surface area contributed by atoms with Gasteiger partial charge < -0.3 is 15.0 Å². The second-order valence-electron chi connectivity index (χ2n) is 6.98. The smallest absolute Gasteiger partial charge is 0.227 e. The van der Waals surface area contributed by atoms with Crippen molar-refractivity contribution in [2.24, 2.45) is 0 Å². The molecule has 3 heterocycles. The van der Waals surface area contributed by atoms with Crippen LogP contribution in [0.25, 0.3) is 0 Å². The average Bonchev–Trinajstić information content (AvgIpc) is 3.22. The largest absolute Gasteiger partial charge is 0.497 e. The Balaban J connectivity index is 1.43. The third-order valence-corrected chi connectivity index (χ3v) is 5.22. The van der Waals surface area contributed by atoms with E-state index in [1.165, 1.54) is 0 Å². The highest BCUT2D eigenvalue weighted by molar-refractivity contribution is 5.79. The molecule has 0 bridgehead atoms. The van der Waals surface area contributed by atoms with Crippen molar-refractivity contribution in [3.05, 3.63) is 53.1 Å². The lowest BCUT2D eigenvalue weighted by Gasteiger charge is -2.28. The van der Waals surface area contributed by atoms with E-state index in [9.17, 15) is 4.79 Å². The minimum Gasteiger partial charge on any atom is -0.497 e. The van der Waals surface area contributed by atoms with Crippen LogP contribution < -0.4 is 10.1 Å². The van der Waals surface area contributed by atoms with Gasteiger partial charge in [0.05, 0.1) is 19.2 Å². The van der Waals surface area contributed by atoms with E-state index >= 15 is 0 Å². The van der Waals surface area contributed by atoms with Crippen LogP contribution in [0.4, 0.5) is 0 Å². The minimum absolute atomic E-state index is 0.132. The molecule has 136 valence electrons. The Hall–Kier alpha value is -2.47. The molecule has 0 spiro atoms. The summed E-state index contributed by atoms with van der Waals surface area (Å²) in [5.41, 5.74) is 3.15. The van der Waals surface area contributed by atoms with Crippen molar-refractivity contribution < 1.29 is 9.53 Å². The van der Waals surface area contributed by atoms with E-state index in [0.29, 0.717) is 18.9 Å². The minimum atomic E-state index is 0.132. The van der Waals surface area contributed by atoms with Crippen LogP contribution in [0.1, 0.15) is 35.0 Å². The first-order valence-corrected chi connectivity index (χ1v) is 9.19. The number of aromatic nitrogens is 2. The van der Waals surface area contributed by atoms with Crippen LogP contribution in [-0.2, 0) is 24.2 Å². The van der Waals surface area contributed by atoms with Crippen LogP contribution in [0.15, 0.2) is 30.5 Å². The van der Waals surface area contributed by atoms with E-state index in [2.05, 4.69) is 10.3 Å². The Morgan fingerprint density at radius 1 is 1.42 bits per heavy atom. The van der Waals surface area contributed by atoms with Crippen LogP contribution in [0.2, 0.25) is 0 Å². The predicted molar refractivity (Wildman–Crippen MR) is 98.1 cm³/mol. The zero-order chi connectivity index (χ0) is 17.9. The topological polar surface area (TPSA) is 67.3 Å². The van der Waals surface area contributed by atoms with E-state index < -0.39 is 0 Å². The Morgan fingerprint density at radius 2 is 2.35 bits per heavy atom. The zero-order valence-electron chi connectivity index (χ0n) is 15.1. The first-order chi connectivity index (χ1) is 12.7. The third kappa shape index (κ3) is 3.55. The average molecular weight is 352 g/mol. The van der Waals surface area contributed by atoms with Gasteiger partial charge >= 0.3 is 0 Å². The van der Waals surface area contributed by atoms with Gasteiger partial charge in [-0.2, -0.15) is 0 Å². The van der Waals surface area contributed by atoms with E-state index in [1.807, 2.05) is 35.4 Å². The number of hydrogen-bond acceptors (Lipinski definition) is 5. The van der Waals surface area contributed by atoms with Gasteiger partial charge in [-0.25, -0.2) is 9.97 Å². The molecule has 0 saturated carbocycles. The molecule has 2 aliphatic heterocycles. The molecule has 2 aliphatic rings. The van der Waals surface area contributed by atoms with E-state index in [0.717, 1.165) is 60.9 Å². The van der Waals surface area contributed by atoms with Crippen LogP contribution >= 0.6 is 0 Å². The second-order valence-corrected chi connectivity index (χ2v) is 6.98. The summed E-state index contributed by atoms with van der Waals surface area (Å²) in [6.07, 6.45) is 4.21. The van der Waals surface area contributed by atoms with Crippen molar-refractivity contribution in [2.75, 3.05) is 26.7 Å². The van der Waals surface area contributed by atoms with Gasteiger partial charge in [-0.05, 0) is 30.7 Å². The molecule has 1 N–H and O–H groups in total. The standard InChI is InChI=1S/C20H24N4O2/c1-26-17-4-2-3-14(9-17)10-19(25)24-8-6-18-16(13-24)12-22-20(23-18)15-5-7-21-11-15/h2-4,9,12,15,21H,5-8,10-11,13H2,1H3. The summed E-state index contributed by atoms with van der Waals surface area (Å²) < 4.78 is 5.24. The van der Waals surface area contributed by atoms with Crippen molar-refractivity contribution in [3.63, 3.8) is 0 Å². The fourth-order valence-corrected chi connectivity index (χ4v) is 3.69. The van der Waals surface area contributed by atoms with Crippen molar-refractivity contribution >= 4 is 5.91 Å². The van der Waals surface area contributed by atoms with Crippen LogP contribution in [0.5, 0.6) is 5.75 Å². The number of nitrogens with zero attached hydrogens (tertiary/aromatic N) is 3. The van der Waals surface area contributed by atoms with Crippen molar-refractivity contribution in [2.45, 2.75) is 31.7 Å². The van der Waals surface area contributed by atoms with Crippen molar-refractivity contribution in [1.29, 1.82) is 0 Å². The maximum absolute atomic E-state index is 12.7. The fraction of sp³-hybridized carbons (Fsp3) is 0.450. The van der Waals surface area contributed by atoms with Crippen LogP contribution in [0.3, 0.4) is 0 Å². The highest BCUT2D eigenvalue weighted by Gasteiger charge is 2.25. The number of benzene rings is 1. The van der Waals surface area contributed by atoms with Gasteiger partial charge in [0.15, 0.2) is 0 Å². The summed E-state index contributed by atoms with van der Waals surface area (Å²) in [4.78, 5) is 24.0. The summed E-state index contributed by atoms with van der Waals surface area (Å²) in [6, 6.07) is 7.68. The van der Waals surface area contributed by atoms with Crippen molar-refractivity contribution in [3.8, 4) is 5.75 Å². The lowest BCUT2D eigenvalue weighted by Crippen LogP contribution is -2.37. The molecule has 1 atom stereocenters. The van der Waals surface area contributed by atoms with Crippen molar-refractivity contribution in [1.82, 2.24) is 20.2 Å². The molecule has 2 aromatic rings. The number of methoxy groups -OCH3 is 1. The summed E-state index contributed by atoms with van der Waals surface area (Å²) in [5, 5.41) is 3.36. The molecule has 1 unspecified atom stereocenters. The van der Waals surface area contributed by atoms with Crippen LogP contribution in [0, 0.1) is 0 Å². The molecule has 6 heteroatoms. The summed E-state index contributed by atoms with van der Waals surface area (Å²) in [7, 11) is 1.64. The quantitative estimate of drug-likeness (QED) is 0.907. The molecule has 0 aliphatic carbocycles. The highest BCUT2D eigenvalue weighted by Crippen LogP contribution is 2.23. The molecule has 1 fully saturated rings. The van der Waals surface area contributed by atoms with Crippen LogP contribution in [-0.4, -0.2) is 47.5 Å². The highest BCUT2D eigenvalue weighted by atomic mass is 16.5. The molecular formula is C20H24N4O2. The summed E-state index contributed by atoms with van der Waals surface area (Å²) >= 11 is 0. The molecule has 0 radical (unpaired) electrons. The normalized spacial score (nSPS) is 19.3. The lowest BCUT2D eigenvalue weighted by atomic mass is 10.0. The van der Waals surface area contributed by atoms with Gasteiger partial charge in [0.2, 0.25) is 5.91 Å². The van der Waals surface area contributed by atoms with Gasteiger partial charge in [0, 0.05) is 43.7 Å². The SMILES string of the molecule is COc1cccc(CC(=O)N2CCc3nc(C4CCNC4)ncc3C2)c1. The molecule has 26 heavy (non-hydrogen) atoms. The van der Waals surface area contributed by atoms with Gasteiger partial charge in [-0.15, -0.1) is 0 Å². The molecule has 6 nitrogen and oxygen atoms in total. The van der Waals surface area contributed by atoms with Gasteiger partial charge in [0.1, 0.15) is 11.6 Å². The Bertz CT molecular complexity index is 802. The Morgan fingerprint density at radius 3 is 3.15 bits per heavy atom. The molecule has 1 saturated heterocycles. The second kappa shape index (κ2) is 7.41. The zero-order valence-corrected chi connectivity index (χ0v) is 15.1. The summed E-state index contributed by atoms with van der Waals surface area (Å²) in [5.74, 6) is 2.28. The molecule has 1 aromatic heterocycles. The monoisotopic (exact) mass is 352 g/mol. The first-order valence-electron chi connectivity index (χ1n) is 9.19. The maximum Gasteiger partial charge on any atom is 0.227 e. The fourth-order valence-electron chi connectivity index (χ4n) is 3.69. The molecular weight excluding hydrogens is 328 g/mol. The lowest BCUT2D eigenvalue weighted by molar-refractivity contribution is -0.131. The van der Waals surface area contributed by atoms with Gasteiger partial charge in [-0.1, -0.05) is 12.1 Å². The number of hydrogen-bond donors (Lipinski definition) is 1. The Kier molecular flexibility index (Phi) is 4.84. The number of amides is 1. The molecule has 1 amide bonds. The Labute approximate surface area is 153 Å². The van der Waals surface area contributed by atoms with E-state index in [-0.39, 0.29) is 5.91 Å². The number of carbonyl (C=O) groups excluding carboxylic acids is 1. The van der Waals surface area contributed by atoms with Gasteiger partial charge in [-0.3, -0.25) is 4.79 Å². The maximum atomic E-state index is 12.7. The molecule has 1 aromatic carbocycles. The number of rotatable bonds is 4. The number of carbonyl (C=O) groups is 1.